The summed E-state index contributed by atoms with van der Waals surface area (Å²) in [5.74, 6) is 2.07. The second kappa shape index (κ2) is 9.22. The Kier molecular flexibility index (Phi) is 6.39. The molecule has 4 rings (SSSR count). The number of oxazole rings is 1. The number of piperidine rings is 1. The first-order valence-corrected chi connectivity index (χ1v) is 11.1. The van der Waals surface area contributed by atoms with Crippen LogP contribution in [-0.4, -0.2) is 40.8 Å². The van der Waals surface area contributed by atoms with E-state index in [2.05, 4.69) is 10.3 Å². The van der Waals surface area contributed by atoms with Crippen LogP contribution in [0.15, 0.2) is 41.3 Å². The van der Waals surface area contributed by atoms with Gasteiger partial charge in [-0.3, -0.25) is 5.32 Å². The first-order chi connectivity index (χ1) is 15.3. The third kappa shape index (κ3) is 5.60. The molecule has 0 radical (unpaired) electrons. The van der Waals surface area contributed by atoms with Crippen LogP contribution in [0.1, 0.15) is 44.9 Å². The van der Waals surface area contributed by atoms with Gasteiger partial charge in [0.05, 0.1) is 6.20 Å². The lowest BCUT2D eigenvalue weighted by Crippen LogP contribution is -2.47. The highest BCUT2D eigenvalue weighted by atomic mass is 16.6. The molecule has 1 aliphatic carbocycles. The van der Waals surface area contributed by atoms with Gasteiger partial charge in [0.1, 0.15) is 5.60 Å². The van der Waals surface area contributed by atoms with E-state index < -0.39 is 11.7 Å². The van der Waals surface area contributed by atoms with Gasteiger partial charge in [-0.05, 0) is 75.5 Å². The molecule has 1 N–H and O–H groups in total. The van der Waals surface area contributed by atoms with Gasteiger partial charge >= 0.3 is 12.2 Å². The molecule has 1 aromatic heterocycles. The van der Waals surface area contributed by atoms with E-state index in [1.54, 1.807) is 0 Å². The van der Waals surface area contributed by atoms with Crippen LogP contribution in [0.4, 0.5) is 15.3 Å². The summed E-state index contributed by atoms with van der Waals surface area (Å²) < 4.78 is 15.7. The number of ether oxygens (including phenoxy) is 2. The molecule has 1 saturated heterocycles. The average Bonchev–Trinajstić information content (AvgIpc) is 3.32. The number of fused-ring (bicyclic) bond motifs is 2. The summed E-state index contributed by atoms with van der Waals surface area (Å²) in [5, 5.41) is 2.72. The number of aromatic nitrogens is 1. The summed E-state index contributed by atoms with van der Waals surface area (Å²) in [6, 6.07) is 7.88. The number of carbonyl (C=O) groups is 2. The summed E-state index contributed by atoms with van der Waals surface area (Å²) >= 11 is 0. The van der Waals surface area contributed by atoms with E-state index in [1.165, 1.54) is 18.2 Å². The van der Waals surface area contributed by atoms with Crippen LogP contribution in [0.25, 0.3) is 0 Å². The van der Waals surface area contributed by atoms with E-state index in [1.807, 2.05) is 49.9 Å². The third-order valence-corrected chi connectivity index (χ3v) is 6.18. The van der Waals surface area contributed by atoms with E-state index in [0.29, 0.717) is 29.2 Å². The Balaban J connectivity index is 1.27. The Morgan fingerprint density at radius 3 is 2.44 bits per heavy atom. The first-order valence-electron chi connectivity index (χ1n) is 11.1. The molecule has 2 fully saturated rings. The molecule has 2 amide bonds. The summed E-state index contributed by atoms with van der Waals surface area (Å²) in [5.41, 5.74) is 1.45. The second-order valence-electron chi connectivity index (χ2n) is 9.72. The van der Waals surface area contributed by atoms with Crippen molar-refractivity contribution in [2.45, 2.75) is 52.2 Å². The van der Waals surface area contributed by atoms with Crippen molar-refractivity contribution in [3.8, 4) is 0 Å². The van der Waals surface area contributed by atoms with Crippen LogP contribution in [0, 0.1) is 17.8 Å². The molecular formula is C24H31N3O5. The topological polar surface area (TPSA) is 93.9 Å². The van der Waals surface area contributed by atoms with Crippen molar-refractivity contribution in [3.63, 3.8) is 0 Å². The predicted octanol–water partition coefficient (Wildman–Crippen LogP) is 4.86. The van der Waals surface area contributed by atoms with Gasteiger partial charge in [-0.1, -0.05) is 12.1 Å². The predicted molar refractivity (Wildman–Crippen MR) is 118 cm³/mol. The second-order valence-corrected chi connectivity index (χ2v) is 9.72. The number of anilines is 1. The lowest BCUT2D eigenvalue weighted by atomic mass is 9.81. The number of hydrogen-bond donors (Lipinski definition) is 1. The minimum Gasteiger partial charge on any atom is -0.445 e. The van der Waals surface area contributed by atoms with Gasteiger partial charge < -0.3 is 18.8 Å². The molecule has 2 aromatic rings. The van der Waals surface area contributed by atoms with Gasteiger partial charge in [-0.25, -0.2) is 14.6 Å². The molecular weight excluding hydrogens is 410 g/mol. The Morgan fingerprint density at radius 2 is 1.84 bits per heavy atom. The van der Waals surface area contributed by atoms with Crippen molar-refractivity contribution in [1.82, 2.24) is 9.88 Å². The van der Waals surface area contributed by atoms with Crippen LogP contribution in [0.2, 0.25) is 0 Å². The molecule has 1 saturated carbocycles. The molecule has 2 atom stereocenters. The van der Waals surface area contributed by atoms with Gasteiger partial charge in [0.15, 0.2) is 18.8 Å². The Morgan fingerprint density at radius 1 is 1.16 bits per heavy atom. The number of hydrogen-bond acceptors (Lipinski definition) is 6. The third-order valence-electron chi connectivity index (χ3n) is 6.18. The fourth-order valence-corrected chi connectivity index (χ4v) is 4.74. The van der Waals surface area contributed by atoms with Crippen LogP contribution >= 0.6 is 0 Å². The maximum Gasteiger partial charge on any atom is 0.412 e. The minimum absolute atomic E-state index is 0.0364. The molecule has 172 valence electrons. The smallest absolute Gasteiger partial charge is 0.412 e. The van der Waals surface area contributed by atoms with Crippen molar-refractivity contribution < 1.29 is 23.5 Å². The standard InChI is InChI=1S/C24H31N3O5/c1-24(2,3)32-23(29)27-12-17-6-7-18(13-27)21(17)10-16-4-8-19(9-5-16)26-22(28)30-14-20-11-25-15-31-20/h4-5,8-9,11,15,17-18,21H,6-7,10,12-14H2,1-3H3,(H,26,28). The SMILES string of the molecule is CC(C)(C)OC(=O)N1CC2CCC(C1)C2Cc1ccc(NC(=O)OCc2cnco2)cc1. The maximum absolute atomic E-state index is 12.5. The van der Waals surface area contributed by atoms with Crippen LogP contribution in [0.3, 0.4) is 0 Å². The quantitative estimate of drug-likeness (QED) is 0.712. The zero-order valence-corrected chi connectivity index (χ0v) is 18.9. The molecule has 2 heterocycles. The van der Waals surface area contributed by atoms with Crippen molar-refractivity contribution in [2.75, 3.05) is 18.4 Å². The molecule has 1 aliphatic heterocycles. The highest BCUT2D eigenvalue weighted by Crippen LogP contribution is 2.44. The molecule has 8 heteroatoms. The number of nitrogens with zero attached hydrogens (tertiary/aromatic N) is 2. The fourth-order valence-electron chi connectivity index (χ4n) is 4.74. The fraction of sp³-hybridized carbons (Fsp3) is 0.542. The number of rotatable bonds is 5. The summed E-state index contributed by atoms with van der Waals surface area (Å²) in [6.45, 7) is 7.29. The largest absolute Gasteiger partial charge is 0.445 e. The van der Waals surface area contributed by atoms with Crippen molar-refractivity contribution in [2.24, 2.45) is 17.8 Å². The zero-order chi connectivity index (χ0) is 22.7. The summed E-state index contributed by atoms with van der Waals surface area (Å²) in [7, 11) is 0. The van der Waals surface area contributed by atoms with Crippen molar-refractivity contribution in [1.29, 1.82) is 0 Å². The van der Waals surface area contributed by atoms with Gasteiger partial charge in [0, 0.05) is 18.8 Å². The molecule has 32 heavy (non-hydrogen) atoms. The van der Waals surface area contributed by atoms with E-state index >= 15 is 0 Å². The number of amides is 2. The number of carbonyl (C=O) groups excluding carboxylic acids is 2. The summed E-state index contributed by atoms with van der Waals surface area (Å²) in [6.07, 6.45) is 5.36. The summed E-state index contributed by atoms with van der Waals surface area (Å²) in [4.78, 5) is 30.1. The zero-order valence-electron chi connectivity index (χ0n) is 18.9. The van der Waals surface area contributed by atoms with Gasteiger partial charge in [-0.2, -0.15) is 0 Å². The molecule has 0 spiro atoms. The van der Waals surface area contributed by atoms with Crippen molar-refractivity contribution in [3.05, 3.63) is 48.2 Å². The lowest BCUT2D eigenvalue weighted by Gasteiger charge is -2.38. The van der Waals surface area contributed by atoms with E-state index in [4.69, 9.17) is 13.9 Å². The number of likely N-dealkylation sites (tertiary alicyclic amines) is 1. The number of nitrogens with one attached hydrogen (secondary N) is 1. The maximum atomic E-state index is 12.5. The lowest BCUT2D eigenvalue weighted by molar-refractivity contribution is 0.00800. The van der Waals surface area contributed by atoms with E-state index in [0.717, 1.165) is 32.4 Å². The Bertz CT molecular complexity index is 906. The highest BCUT2D eigenvalue weighted by molar-refractivity contribution is 5.84. The van der Waals surface area contributed by atoms with Crippen molar-refractivity contribution >= 4 is 17.9 Å². The van der Waals surface area contributed by atoms with Gasteiger partial charge in [-0.15, -0.1) is 0 Å². The molecule has 1 aromatic carbocycles. The number of benzene rings is 1. The Hall–Kier alpha value is -3.03. The monoisotopic (exact) mass is 441 g/mol. The van der Waals surface area contributed by atoms with E-state index in [9.17, 15) is 9.59 Å². The first kappa shape index (κ1) is 22.2. The molecule has 2 aliphatic rings. The molecule has 2 unspecified atom stereocenters. The van der Waals surface area contributed by atoms with Crippen LogP contribution in [0.5, 0.6) is 0 Å². The molecule has 8 nitrogen and oxygen atoms in total. The van der Waals surface area contributed by atoms with E-state index in [-0.39, 0.29) is 12.7 Å². The van der Waals surface area contributed by atoms with Gasteiger partial charge in [0.25, 0.3) is 0 Å². The van der Waals surface area contributed by atoms with Gasteiger partial charge in [0.2, 0.25) is 0 Å². The molecule has 2 bridgehead atoms. The van der Waals surface area contributed by atoms with Crippen LogP contribution < -0.4 is 5.32 Å². The Labute approximate surface area is 188 Å². The normalized spacial score (nSPS) is 22.5. The van der Waals surface area contributed by atoms with Crippen LogP contribution in [-0.2, 0) is 22.5 Å². The average molecular weight is 442 g/mol. The minimum atomic E-state index is -0.540. The highest BCUT2D eigenvalue weighted by Gasteiger charge is 2.43.